The quantitative estimate of drug-likeness (QED) is 0.678. The van der Waals surface area contributed by atoms with E-state index < -0.39 is 10.8 Å². The molecule has 0 aromatic heterocycles. The molecule has 1 rings (SSSR count). The molecule has 0 aliphatic heterocycles. The third kappa shape index (κ3) is 3.15. The van der Waals surface area contributed by atoms with Crippen molar-refractivity contribution in [1.82, 2.24) is 0 Å². The van der Waals surface area contributed by atoms with E-state index in [1.54, 1.807) is 0 Å². The zero-order valence-electron chi connectivity index (χ0n) is 14.2. The maximum atomic E-state index is 13.1. The van der Waals surface area contributed by atoms with Gasteiger partial charge in [0.05, 0.1) is 5.41 Å². The normalized spacial score (nSPS) is 20.8. The van der Waals surface area contributed by atoms with Crippen LogP contribution in [-0.4, -0.2) is 11.6 Å². The summed E-state index contributed by atoms with van der Waals surface area (Å²) in [4.78, 5) is 26.1. The number of carbonyl (C=O) groups excluding carboxylic acids is 2. The van der Waals surface area contributed by atoms with Crippen LogP contribution in [0.25, 0.3) is 0 Å². The van der Waals surface area contributed by atoms with Crippen molar-refractivity contribution >= 4 is 11.6 Å². The lowest BCUT2D eigenvalue weighted by Crippen LogP contribution is -2.52. The molecule has 0 saturated heterocycles. The van der Waals surface area contributed by atoms with Gasteiger partial charge >= 0.3 is 0 Å². The Morgan fingerprint density at radius 3 is 1.90 bits per heavy atom. The fourth-order valence-electron chi connectivity index (χ4n) is 3.90. The minimum atomic E-state index is -0.743. The Morgan fingerprint density at radius 1 is 1.05 bits per heavy atom. The Bertz CT molecular complexity index is 356. The third-order valence-corrected chi connectivity index (χ3v) is 4.91. The first-order valence-corrected chi connectivity index (χ1v) is 8.27. The molecule has 1 fully saturated rings. The van der Waals surface area contributed by atoms with E-state index in [1.807, 2.05) is 41.5 Å². The molecule has 0 spiro atoms. The number of rotatable bonds is 5. The number of carbonyl (C=O) groups is 2. The van der Waals surface area contributed by atoms with Gasteiger partial charge in [0.25, 0.3) is 0 Å². The molecular weight excluding hydrogens is 248 g/mol. The lowest BCUT2D eigenvalue weighted by Gasteiger charge is -2.44. The average molecular weight is 280 g/mol. The van der Waals surface area contributed by atoms with Crippen molar-refractivity contribution in [3.8, 4) is 0 Å². The van der Waals surface area contributed by atoms with Crippen LogP contribution < -0.4 is 0 Å². The van der Waals surface area contributed by atoms with Gasteiger partial charge in [-0.05, 0) is 25.2 Å². The Labute approximate surface area is 124 Å². The van der Waals surface area contributed by atoms with Gasteiger partial charge in [-0.25, -0.2) is 0 Å². The molecular formula is C18H32O2. The Balaban J connectivity index is 3.28. The van der Waals surface area contributed by atoms with Crippen LogP contribution in [-0.2, 0) is 9.59 Å². The van der Waals surface area contributed by atoms with Gasteiger partial charge in [0.15, 0.2) is 5.78 Å². The molecule has 1 saturated carbocycles. The standard InChI is InChI=1S/C18H32O2/c1-7-18(15(19)13(2)3,16(20)17(4,5)6)14-11-9-8-10-12-14/h13-14H,7-12H2,1-6H3. The topological polar surface area (TPSA) is 34.1 Å². The molecule has 0 aromatic rings. The van der Waals surface area contributed by atoms with E-state index in [2.05, 4.69) is 0 Å². The highest BCUT2D eigenvalue weighted by molar-refractivity contribution is 6.09. The molecule has 2 heteroatoms. The van der Waals surface area contributed by atoms with Gasteiger partial charge in [-0.2, -0.15) is 0 Å². The summed E-state index contributed by atoms with van der Waals surface area (Å²) in [5, 5.41) is 0. The smallest absolute Gasteiger partial charge is 0.151 e. The van der Waals surface area contributed by atoms with E-state index in [4.69, 9.17) is 0 Å². The Morgan fingerprint density at radius 2 is 1.55 bits per heavy atom. The fourth-order valence-corrected chi connectivity index (χ4v) is 3.90. The number of hydrogen-bond donors (Lipinski definition) is 0. The summed E-state index contributed by atoms with van der Waals surface area (Å²) in [6.07, 6.45) is 6.30. The number of hydrogen-bond acceptors (Lipinski definition) is 2. The molecule has 1 aliphatic rings. The van der Waals surface area contributed by atoms with Crippen LogP contribution in [0.1, 0.15) is 80.1 Å². The van der Waals surface area contributed by atoms with Crippen LogP contribution >= 0.6 is 0 Å². The highest BCUT2D eigenvalue weighted by Crippen LogP contribution is 2.47. The van der Waals surface area contributed by atoms with Crippen LogP contribution in [0.4, 0.5) is 0 Å². The highest BCUT2D eigenvalue weighted by Gasteiger charge is 2.53. The van der Waals surface area contributed by atoms with Crippen LogP contribution in [0.2, 0.25) is 0 Å². The molecule has 1 aliphatic carbocycles. The van der Waals surface area contributed by atoms with Crippen molar-refractivity contribution in [1.29, 1.82) is 0 Å². The third-order valence-electron chi connectivity index (χ3n) is 4.91. The molecule has 116 valence electrons. The second-order valence-corrected chi connectivity index (χ2v) is 7.76. The maximum Gasteiger partial charge on any atom is 0.151 e. The predicted octanol–water partition coefficient (Wildman–Crippen LogP) is 4.80. The maximum absolute atomic E-state index is 13.1. The Kier molecular flexibility index (Phi) is 5.57. The summed E-state index contributed by atoms with van der Waals surface area (Å²) >= 11 is 0. The van der Waals surface area contributed by atoms with Gasteiger partial charge in [0.1, 0.15) is 5.78 Å². The summed E-state index contributed by atoms with van der Waals surface area (Å²) < 4.78 is 0. The molecule has 0 aromatic carbocycles. The first kappa shape index (κ1) is 17.4. The minimum absolute atomic E-state index is 0.0665. The molecule has 1 atom stereocenters. The van der Waals surface area contributed by atoms with Gasteiger partial charge in [0, 0.05) is 11.3 Å². The van der Waals surface area contributed by atoms with Gasteiger partial charge in [0.2, 0.25) is 0 Å². The second kappa shape index (κ2) is 6.41. The molecule has 1 unspecified atom stereocenters. The van der Waals surface area contributed by atoms with Crippen molar-refractivity contribution in [3.05, 3.63) is 0 Å². The van der Waals surface area contributed by atoms with E-state index in [0.29, 0.717) is 6.42 Å². The van der Waals surface area contributed by atoms with Crippen LogP contribution in [0.5, 0.6) is 0 Å². The van der Waals surface area contributed by atoms with Gasteiger partial charge in [-0.3, -0.25) is 9.59 Å². The second-order valence-electron chi connectivity index (χ2n) is 7.76. The molecule has 0 amide bonds. The van der Waals surface area contributed by atoms with Gasteiger partial charge < -0.3 is 0 Å². The van der Waals surface area contributed by atoms with E-state index >= 15 is 0 Å². The van der Waals surface area contributed by atoms with Gasteiger partial charge in [-0.15, -0.1) is 0 Å². The van der Waals surface area contributed by atoms with Crippen molar-refractivity contribution in [2.45, 2.75) is 80.1 Å². The predicted molar refractivity (Wildman–Crippen MR) is 83.6 cm³/mol. The zero-order valence-corrected chi connectivity index (χ0v) is 14.2. The largest absolute Gasteiger partial charge is 0.298 e. The van der Waals surface area contributed by atoms with E-state index in [1.165, 1.54) is 6.42 Å². The van der Waals surface area contributed by atoms with Crippen LogP contribution in [0.3, 0.4) is 0 Å². The monoisotopic (exact) mass is 280 g/mol. The van der Waals surface area contributed by atoms with Crippen LogP contribution in [0.15, 0.2) is 0 Å². The highest BCUT2D eigenvalue weighted by atomic mass is 16.2. The van der Waals surface area contributed by atoms with Crippen molar-refractivity contribution in [3.63, 3.8) is 0 Å². The molecule has 0 radical (unpaired) electrons. The number of Topliss-reactive ketones (excluding diaryl/α,β-unsaturated/α-hetero) is 2. The SMILES string of the molecule is CCC(C(=O)C(C)C)(C(=O)C(C)(C)C)C1CCCCC1. The summed E-state index contributed by atoms with van der Waals surface area (Å²) in [6.45, 7) is 11.8. The Hall–Kier alpha value is -0.660. The zero-order chi connectivity index (χ0) is 15.6. The molecule has 2 nitrogen and oxygen atoms in total. The first-order valence-electron chi connectivity index (χ1n) is 8.27. The molecule has 20 heavy (non-hydrogen) atoms. The van der Waals surface area contributed by atoms with E-state index in [9.17, 15) is 9.59 Å². The van der Waals surface area contributed by atoms with E-state index in [0.717, 1.165) is 25.7 Å². The van der Waals surface area contributed by atoms with Crippen molar-refractivity contribution < 1.29 is 9.59 Å². The molecule has 0 bridgehead atoms. The summed E-state index contributed by atoms with van der Waals surface area (Å²) in [5.74, 6) is 0.524. The lowest BCUT2D eigenvalue weighted by atomic mass is 9.57. The number of ketones is 2. The lowest BCUT2D eigenvalue weighted by molar-refractivity contribution is -0.153. The summed E-state index contributed by atoms with van der Waals surface area (Å²) in [5.41, 5.74) is -1.19. The average Bonchev–Trinajstić information content (AvgIpc) is 2.40. The summed E-state index contributed by atoms with van der Waals surface area (Å²) in [7, 11) is 0. The molecule has 0 heterocycles. The van der Waals surface area contributed by atoms with Crippen molar-refractivity contribution in [2.24, 2.45) is 22.7 Å². The minimum Gasteiger partial charge on any atom is -0.298 e. The first-order chi connectivity index (χ1) is 9.17. The van der Waals surface area contributed by atoms with Crippen molar-refractivity contribution in [2.75, 3.05) is 0 Å². The molecule has 0 N–H and O–H groups in total. The fraction of sp³-hybridized carbons (Fsp3) is 0.889. The summed E-state index contributed by atoms with van der Waals surface area (Å²) in [6, 6.07) is 0. The van der Waals surface area contributed by atoms with Gasteiger partial charge in [-0.1, -0.05) is 60.8 Å². The van der Waals surface area contributed by atoms with Crippen LogP contribution in [0, 0.1) is 22.7 Å². The van der Waals surface area contributed by atoms with E-state index in [-0.39, 0.29) is 23.4 Å².